The van der Waals surface area contributed by atoms with Crippen LogP contribution in [0.5, 0.6) is 0 Å². The average molecular weight is 206 g/mol. The molecule has 0 fully saturated rings. The molecule has 0 aromatic carbocycles. The van der Waals surface area contributed by atoms with E-state index in [0.717, 1.165) is 12.8 Å². The molecule has 0 amide bonds. The van der Waals surface area contributed by atoms with Crippen LogP contribution in [0, 0.1) is 0 Å². The van der Waals surface area contributed by atoms with Gasteiger partial charge in [0, 0.05) is 19.7 Å². The smallest absolute Gasteiger partial charge is 0.0895 e. The summed E-state index contributed by atoms with van der Waals surface area (Å²) in [6, 6.07) is 0.199. The zero-order chi connectivity index (χ0) is 10.8. The molecule has 2 atom stereocenters. The first-order valence-electron chi connectivity index (χ1n) is 4.95. The number of nitrogens with one attached hydrogen (secondary N) is 1. The predicted molar refractivity (Wildman–Crippen MR) is 55.0 cm³/mol. The molecule has 0 aromatic rings. The van der Waals surface area contributed by atoms with Crippen molar-refractivity contribution < 1.29 is 14.9 Å². The third-order valence-corrected chi connectivity index (χ3v) is 1.98. The SMILES string of the molecule is COCC(CCCN)NCC(O)CO. The highest BCUT2D eigenvalue weighted by Crippen LogP contribution is 1.97. The second-order valence-corrected chi connectivity index (χ2v) is 3.33. The van der Waals surface area contributed by atoms with Crippen molar-refractivity contribution in [3.8, 4) is 0 Å². The van der Waals surface area contributed by atoms with Gasteiger partial charge in [-0.3, -0.25) is 0 Å². The van der Waals surface area contributed by atoms with E-state index in [-0.39, 0.29) is 12.6 Å². The molecule has 0 aromatic heterocycles. The second kappa shape index (κ2) is 9.36. The van der Waals surface area contributed by atoms with Crippen LogP contribution < -0.4 is 11.1 Å². The molecular weight excluding hydrogens is 184 g/mol. The van der Waals surface area contributed by atoms with Gasteiger partial charge in [0.2, 0.25) is 0 Å². The number of ether oxygens (including phenoxy) is 1. The molecule has 5 heteroatoms. The highest BCUT2D eigenvalue weighted by atomic mass is 16.5. The number of hydrogen-bond donors (Lipinski definition) is 4. The molecule has 0 aliphatic heterocycles. The van der Waals surface area contributed by atoms with E-state index in [1.165, 1.54) is 0 Å². The second-order valence-electron chi connectivity index (χ2n) is 3.33. The van der Waals surface area contributed by atoms with Crippen LogP contribution in [0.2, 0.25) is 0 Å². The summed E-state index contributed by atoms with van der Waals surface area (Å²) in [4.78, 5) is 0. The predicted octanol–water partition coefficient (Wildman–Crippen LogP) is -1.32. The standard InChI is InChI=1S/C9H22N2O3/c1-14-7-8(3-2-4-10)11-5-9(13)6-12/h8-9,11-13H,2-7,10H2,1H3. The lowest BCUT2D eigenvalue weighted by molar-refractivity contribution is 0.0848. The van der Waals surface area contributed by atoms with Gasteiger partial charge in [0.15, 0.2) is 0 Å². The minimum atomic E-state index is -0.702. The summed E-state index contributed by atoms with van der Waals surface area (Å²) < 4.78 is 5.02. The molecule has 0 saturated heterocycles. The van der Waals surface area contributed by atoms with E-state index in [1.54, 1.807) is 7.11 Å². The number of methoxy groups -OCH3 is 1. The van der Waals surface area contributed by atoms with Gasteiger partial charge in [-0.15, -0.1) is 0 Å². The number of aliphatic hydroxyl groups excluding tert-OH is 2. The topological polar surface area (TPSA) is 87.7 Å². The van der Waals surface area contributed by atoms with Crippen LogP contribution in [0.3, 0.4) is 0 Å². The Morgan fingerprint density at radius 3 is 2.71 bits per heavy atom. The van der Waals surface area contributed by atoms with Crippen LogP contribution in [0.15, 0.2) is 0 Å². The van der Waals surface area contributed by atoms with Gasteiger partial charge in [0.1, 0.15) is 0 Å². The fourth-order valence-electron chi connectivity index (χ4n) is 1.18. The summed E-state index contributed by atoms with van der Waals surface area (Å²) in [6.45, 7) is 1.42. The van der Waals surface area contributed by atoms with Crippen LogP contribution in [-0.4, -0.2) is 55.8 Å². The lowest BCUT2D eigenvalue weighted by Crippen LogP contribution is -2.39. The quantitative estimate of drug-likeness (QED) is 0.376. The molecule has 5 N–H and O–H groups in total. The summed E-state index contributed by atoms with van der Waals surface area (Å²) in [5, 5.41) is 20.9. The molecule has 0 saturated carbocycles. The minimum absolute atomic E-state index is 0.199. The summed E-state index contributed by atoms with van der Waals surface area (Å²) in [6.07, 6.45) is 1.14. The van der Waals surface area contributed by atoms with Crippen LogP contribution in [0.4, 0.5) is 0 Å². The third kappa shape index (κ3) is 7.23. The van der Waals surface area contributed by atoms with Gasteiger partial charge in [-0.05, 0) is 19.4 Å². The highest BCUT2D eigenvalue weighted by Gasteiger charge is 2.09. The fourth-order valence-corrected chi connectivity index (χ4v) is 1.18. The van der Waals surface area contributed by atoms with Crippen molar-refractivity contribution in [1.29, 1.82) is 0 Å². The molecule has 0 heterocycles. The Bertz CT molecular complexity index is 125. The van der Waals surface area contributed by atoms with Crippen molar-refractivity contribution >= 4 is 0 Å². The Hall–Kier alpha value is -0.200. The number of nitrogens with two attached hydrogens (primary N) is 1. The summed E-state index contributed by atoms with van der Waals surface area (Å²) in [7, 11) is 1.64. The Morgan fingerprint density at radius 2 is 2.21 bits per heavy atom. The molecule has 0 radical (unpaired) electrons. The van der Waals surface area contributed by atoms with Gasteiger partial charge in [0.05, 0.1) is 19.3 Å². The Kier molecular flexibility index (Phi) is 9.23. The number of hydrogen-bond acceptors (Lipinski definition) is 5. The molecule has 2 unspecified atom stereocenters. The van der Waals surface area contributed by atoms with Crippen LogP contribution in [0.25, 0.3) is 0 Å². The lowest BCUT2D eigenvalue weighted by Gasteiger charge is -2.19. The lowest BCUT2D eigenvalue weighted by atomic mass is 10.1. The minimum Gasteiger partial charge on any atom is -0.394 e. The maximum atomic E-state index is 9.12. The van der Waals surface area contributed by atoms with E-state index in [2.05, 4.69) is 5.32 Å². The van der Waals surface area contributed by atoms with E-state index < -0.39 is 6.10 Å². The maximum Gasteiger partial charge on any atom is 0.0895 e. The van der Waals surface area contributed by atoms with Crippen molar-refractivity contribution in [3.63, 3.8) is 0 Å². The normalized spacial score (nSPS) is 15.4. The van der Waals surface area contributed by atoms with Gasteiger partial charge in [-0.1, -0.05) is 0 Å². The van der Waals surface area contributed by atoms with E-state index >= 15 is 0 Å². The summed E-state index contributed by atoms with van der Waals surface area (Å²) in [5.41, 5.74) is 5.40. The van der Waals surface area contributed by atoms with Gasteiger partial charge in [0.25, 0.3) is 0 Å². The largest absolute Gasteiger partial charge is 0.394 e. The number of rotatable bonds is 9. The van der Waals surface area contributed by atoms with E-state index in [1.807, 2.05) is 0 Å². The van der Waals surface area contributed by atoms with Gasteiger partial charge in [-0.25, -0.2) is 0 Å². The van der Waals surface area contributed by atoms with Gasteiger partial charge in [-0.2, -0.15) is 0 Å². The zero-order valence-corrected chi connectivity index (χ0v) is 8.78. The van der Waals surface area contributed by atoms with Crippen molar-refractivity contribution in [3.05, 3.63) is 0 Å². The Balaban J connectivity index is 3.60. The first-order valence-corrected chi connectivity index (χ1v) is 4.95. The monoisotopic (exact) mass is 206 g/mol. The Morgan fingerprint density at radius 1 is 1.50 bits per heavy atom. The molecule has 5 nitrogen and oxygen atoms in total. The molecule has 14 heavy (non-hydrogen) atoms. The Labute approximate surface area is 85.3 Å². The zero-order valence-electron chi connectivity index (χ0n) is 8.78. The van der Waals surface area contributed by atoms with Gasteiger partial charge < -0.3 is 26.0 Å². The van der Waals surface area contributed by atoms with Gasteiger partial charge >= 0.3 is 0 Å². The molecule has 0 spiro atoms. The van der Waals surface area contributed by atoms with Crippen LogP contribution in [-0.2, 0) is 4.74 Å². The fraction of sp³-hybridized carbons (Fsp3) is 1.00. The average Bonchev–Trinajstić information content (AvgIpc) is 2.21. The molecule has 0 aliphatic carbocycles. The molecule has 0 aliphatic rings. The molecule has 0 rings (SSSR count). The van der Waals surface area contributed by atoms with Crippen molar-refractivity contribution in [2.24, 2.45) is 5.73 Å². The van der Waals surface area contributed by atoms with Crippen molar-refractivity contribution in [1.82, 2.24) is 5.32 Å². The summed E-state index contributed by atoms with van der Waals surface area (Å²) >= 11 is 0. The first kappa shape index (κ1) is 13.8. The van der Waals surface area contributed by atoms with Crippen LogP contribution in [0.1, 0.15) is 12.8 Å². The number of aliphatic hydroxyl groups is 2. The van der Waals surface area contributed by atoms with Crippen molar-refractivity contribution in [2.75, 3.05) is 33.4 Å². The molecular formula is C9H22N2O3. The van der Waals surface area contributed by atoms with Crippen molar-refractivity contribution in [2.45, 2.75) is 25.0 Å². The first-order chi connectivity index (χ1) is 6.74. The third-order valence-electron chi connectivity index (χ3n) is 1.98. The van der Waals surface area contributed by atoms with E-state index in [9.17, 15) is 0 Å². The van der Waals surface area contributed by atoms with E-state index in [4.69, 9.17) is 20.7 Å². The molecule has 0 bridgehead atoms. The molecule has 86 valence electrons. The maximum absolute atomic E-state index is 9.12. The van der Waals surface area contributed by atoms with E-state index in [0.29, 0.717) is 19.7 Å². The highest BCUT2D eigenvalue weighted by molar-refractivity contribution is 4.69. The summed E-state index contributed by atoms with van der Waals surface area (Å²) in [5.74, 6) is 0. The van der Waals surface area contributed by atoms with Crippen LogP contribution >= 0.6 is 0 Å².